The molecule has 0 spiro atoms. The molecule has 2 aromatic rings. The molecule has 0 amide bonds. The van der Waals surface area contributed by atoms with Crippen molar-refractivity contribution in [2.75, 3.05) is 6.61 Å². The number of hydrogen-bond donors (Lipinski definition) is 0. The number of carbonyl (C=O) groups is 1. The first-order chi connectivity index (χ1) is 9.20. The lowest BCUT2D eigenvalue weighted by molar-refractivity contribution is -0.143. The third kappa shape index (κ3) is 3.47. The zero-order valence-corrected chi connectivity index (χ0v) is 11.4. The molecule has 0 aliphatic heterocycles. The van der Waals surface area contributed by atoms with Gasteiger partial charge in [-0.1, -0.05) is 19.1 Å². The van der Waals surface area contributed by atoms with Crippen LogP contribution in [0, 0.1) is 0 Å². The highest BCUT2D eigenvalue weighted by atomic mass is 16.5. The molecule has 1 aromatic heterocycles. The number of benzene rings is 1. The van der Waals surface area contributed by atoms with Crippen molar-refractivity contribution in [3.8, 4) is 5.69 Å². The first-order valence-electron chi connectivity index (χ1n) is 6.59. The molecule has 19 heavy (non-hydrogen) atoms. The second-order valence-corrected chi connectivity index (χ2v) is 4.59. The fraction of sp³-hybridized carbons (Fsp3) is 0.312. The molecule has 0 aliphatic rings. The van der Waals surface area contributed by atoms with Crippen molar-refractivity contribution in [3.63, 3.8) is 0 Å². The monoisotopic (exact) mass is 257 g/mol. The summed E-state index contributed by atoms with van der Waals surface area (Å²) in [4.78, 5) is 11.5. The van der Waals surface area contributed by atoms with Crippen molar-refractivity contribution >= 4 is 5.97 Å². The van der Waals surface area contributed by atoms with Crippen molar-refractivity contribution in [1.29, 1.82) is 0 Å². The van der Waals surface area contributed by atoms with Crippen LogP contribution in [0.1, 0.15) is 31.7 Å². The maximum Gasteiger partial charge on any atom is 0.306 e. The van der Waals surface area contributed by atoms with E-state index in [2.05, 4.69) is 28.8 Å². The molecule has 0 bridgehead atoms. The average molecular weight is 257 g/mol. The molecule has 100 valence electrons. The molecule has 3 nitrogen and oxygen atoms in total. The zero-order chi connectivity index (χ0) is 13.7. The highest BCUT2D eigenvalue weighted by Gasteiger charge is 2.11. The van der Waals surface area contributed by atoms with E-state index < -0.39 is 0 Å². The van der Waals surface area contributed by atoms with Gasteiger partial charge in [-0.25, -0.2) is 0 Å². The predicted molar refractivity (Wildman–Crippen MR) is 75.4 cm³/mol. The molecule has 1 aromatic carbocycles. The third-order valence-electron chi connectivity index (χ3n) is 3.14. The smallest absolute Gasteiger partial charge is 0.306 e. The van der Waals surface area contributed by atoms with E-state index in [1.54, 1.807) is 0 Å². The Morgan fingerprint density at radius 3 is 2.42 bits per heavy atom. The van der Waals surface area contributed by atoms with Gasteiger partial charge >= 0.3 is 5.97 Å². The maximum absolute atomic E-state index is 11.5. The predicted octanol–water partition coefficient (Wildman–Crippen LogP) is 3.53. The topological polar surface area (TPSA) is 31.2 Å². The lowest BCUT2D eigenvalue weighted by atomic mass is 9.98. The number of rotatable bonds is 5. The first-order valence-corrected chi connectivity index (χ1v) is 6.59. The van der Waals surface area contributed by atoms with Crippen LogP contribution in [0.25, 0.3) is 5.69 Å². The molecule has 1 heterocycles. The summed E-state index contributed by atoms with van der Waals surface area (Å²) in [6, 6.07) is 12.3. The highest BCUT2D eigenvalue weighted by molar-refractivity contribution is 5.70. The van der Waals surface area contributed by atoms with Crippen LogP contribution in [0.2, 0.25) is 0 Å². The Morgan fingerprint density at radius 2 is 1.84 bits per heavy atom. The number of aromatic nitrogens is 1. The average Bonchev–Trinajstić information content (AvgIpc) is 2.93. The van der Waals surface area contributed by atoms with Gasteiger partial charge in [-0.05, 0) is 42.7 Å². The van der Waals surface area contributed by atoms with Gasteiger partial charge in [0, 0.05) is 18.1 Å². The number of esters is 1. The second kappa shape index (κ2) is 6.23. The van der Waals surface area contributed by atoms with Crippen LogP contribution in [0.3, 0.4) is 0 Å². The van der Waals surface area contributed by atoms with Crippen molar-refractivity contribution in [1.82, 2.24) is 4.57 Å². The standard InChI is InChI=1S/C16H19NO2/c1-3-19-16(18)12-13(2)14-6-8-15(9-7-14)17-10-4-5-11-17/h4-11,13H,3,12H2,1-2H3. The fourth-order valence-electron chi connectivity index (χ4n) is 2.07. The summed E-state index contributed by atoms with van der Waals surface area (Å²) in [5, 5.41) is 0. The summed E-state index contributed by atoms with van der Waals surface area (Å²) >= 11 is 0. The summed E-state index contributed by atoms with van der Waals surface area (Å²) < 4.78 is 7.03. The molecular weight excluding hydrogens is 238 g/mol. The van der Waals surface area contributed by atoms with E-state index in [0.29, 0.717) is 13.0 Å². The Morgan fingerprint density at radius 1 is 1.21 bits per heavy atom. The van der Waals surface area contributed by atoms with Gasteiger partial charge in [0.1, 0.15) is 0 Å². The summed E-state index contributed by atoms with van der Waals surface area (Å²) in [5.74, 6) is 0.0437. The van der Waals surface area contributed by atoms with Gasteiger partial charge in [0.05, 0.1) is 13.0 Å². The van der Waals surface area contributed by atoms with E-state index >= 15 is 0 Å². The largest absolute Gasteiger partial charge is 0.466 e. The molecule has 0 N–H and O–H groups in total. The summed E-state index contributed by atoms with van der Waals surface area (Å²) in [7, 11) is 0. The van der Waals surface area contributed by atoms with Crippen LogP contribution >= 0.6 is 0 Å². The van der Waals surface area contributed by atoms with Crippen LogP contribution in [-0.2, 0) is 9.53 Å². The second-order valence-electron chi connectivity index (χ2n) is 4.59. The Labute approximate surface area is 113 Å². The minimum Gasteiger partial charge on any atom is -0.466 e. The molecule has 0 radical (unpaired) electrons. The number of carbonyl (C=O) groups excluding carboxylic acids is 1. The van der Waals surface area contributed by atoms with E-state index in [0.717, 1.165) is 11.3 Å². The van der Waals surface area contributed by atoms with Gasteiger partial charge in [-0.2, -0.15) is 0 Å². The van der Waals surface area contributed by atoms with Gasteiger partial charge in [-0.15, -0.1) is 0 Å². The van der Waals surface area contributed by atoms with E-state index in [9.17, 15) is 4.79 Å². The molecule has 1 unspecified atom stereocenters. The van der Waals surface area contributed by atoms with E-state index in [1.807, 2.05) is 38.4 Å². The number of nitrogens with zero attached hydrogens (tertiary/aromatic N) is 1. The molecule has 0 saturated carbocycles. The minimum atomic E-state index is -0.135. The van der Waals surface area contributed by atoms with Gasteiger partial charge < -0.3 is 9.30 Å². The highest BCUT2D eigenvalue weighted by Crippen LogP contribution is 2.21. The van der Waals surface area contributed by atoms with Gasteiger partial charge in [0.15, 0.2) is 0 Å². The van der Waals surface area contributed by atoms with E-state index in [1.165, 1.54) is 0 Å². The normalized spacial score (nSPS) is 12.1. The number of hydrogen-bond acceptors (Lipinski definition) is 2. The lowest BCUT2D eigenvalue weighted by Gasteiger charge is -2.12. The maximum atomic E-state index is 11.5. The van der Waals surface area contributed by atoms with Crippen molar-refractivity contribution in [2.45, 2.75) is 26.2 Å². The van der Waals surface area contributed by atoms with Gasteiger partial charge in [-0.3, -0.25) is 4.79 Å². The van der Waals surface area contributed by atoms with Crippen molar-refractivity contribution in [3.05, 3.63) is 54.4 Å². The quantitative estimate of drug-likeness (QED) is 0.767. The lowest BCUT2D eigenvalue weighted by Crippen LogP contribution is -2.08. The molecule has 0 fully saturated rings. The summed E-state index contributed by atoms with van der Waals surface area (Å²) in [5.41, 5.74) is 2.28. The van der Waals surface area contributed by atoms with Gasteiger partial charge in [0.25, 0.3) is 0 Å². The Kier molecular flexibility index (Phi) is 4.39. The molecule has 2 rings (SSSR count). The molecule has 0 aliphatic carbocycles. The molecular formula is C16H19NO2. The third-order valence-corrected chi connectivity index (χ3v) is 3.14. The number of ether oxygens (including phenoxy) is 1. The molecule has 3 heteroatoms. The van der Waals surface area contributed by atoms with Crippen LogP contribution < -0.4 is 0 Å². The zero-order valence-electron chi connectivity index (χ0n) is 11.4. The Hall–Kier alpha value is -2.03. The first kappa shape index (κ1) is 13.4. The van der Waals surface area contributed by atoms with E-state index in [4.69, 9.17) is 4.74 Å². The van der Waals surface area contributed by atoms with E-state index in [-0.39, 0.29) is 11.9 Å². The van der Waals surface area contributed by atoms with Crippen LogP contribution in [-0.4, -0.2) is 17.1 Å². The van der Waals surface area contributed by atoms with Crippen molar-refractivity contribution in [2.24, 2.45) is 0 Å². The summed E-state index contributed by atoms with van der Waals surface area (Å²) in [6.45, 7) is 4.31. The SMILES string of the molecule is CCOC(=O)CC(C)c1ccc(-n2cccc2)cc1. The minimum absolute atomic E-state index is 0.135. The van der Waals surface area contributed by atoms with Crippen LogP contribution in [0.15, 0.2) is 48.8 Å². The molecule has 1 atom stereocenters. The van der Waals surface area contributed by atoms with Crippen LogP contribution in [0.5, 0.6) is 0 Å². The fourth-order valence-corrected chi connectivity index (χ4v) is 2.07. The van der Waals surface area contributed by atoms with Crippen LogP contribution in [0.4, 0.5) is 0 Å². The van der Waals surface area contributed by atoms with Crippen molar-refractivity contribution < 1.29 is 9.53 Å². The van der Waals surface area contributed by atoms with Gasteiger partial charge in [0.2, 0.25) is 0 Å². The molecule has 0 saturated heterocycles. The Bertz CT molecular complexity index is 514. The summed E-state index contributed by atoms with van der Waals surface area (Å²) in [6.07, 6.45) is 4.45. The Balaban J connectivity index is 2.04.